The molecule has 1 aromatic heterocycles. The number of aromatic carboxylic acids is 1. The van der Waals surface area contributed by atoms with Crippen molar-refractivity contribution in [3.63, 3.8) is 0 Å². The van der Waals surface area contributed by atoms with Gasteiger partial charge in [-0.3, -0.25) is 4.98 Å². The number of hydrogen-bond donors (Lipinski definition) is 2. The van der Waals surface area contributed by atoms with Gasteiger partial charge in [0.15, 0.2) is 0 Å². The summed E-state index contributed by atoms with van der Waals surface area (Å²) in [6.45, 7) is 6.97. The number of aromatic nitrogens is 1. The summed E-state index contributed by atoms with van der Waals surface area (Å²) in [4.78, 5) is 14.7. The SMILES string of the molecule is CC(C)(C)CNc1ccncc1C(=O)O. The Hall–Kier alpha value is -1.58. The number of carbonyl (C=O) groups is 1. The van der Waals surface area contributed by atoms with E-state index < -0.39 is 5.97 Å². The lowest BCUT2D eigenvalue weighted by Gasteiger charge is -2.20. The van der Waals surface area contributed by atoms with Crippen LogP contribution in [0.3, 0.4) is 0 Å². The van der Waals surface area contributed by atoms with Gasteiger partial charge < -0.3 is 10.4 Å². The predicted octanol–water partition coefficient (Wildman–Crippen LogP) is 2.24. The molecule has 0 fully saturated rings. The zero-order valence-corrected chi connectivity index (χ0v) is 9.24. The van der Waals surface area contributed by atoms with E-state index in [-0.39, 0.29) is 11.0 Å². The van der Waals surface area contributed by atoms with Crippen molar-refractivity contribution in [3.05, 3.63) is 24.0 Å². The Balaban J connectivity index is 2.81. The van der Waals surface area contributed by atoms with Crippen LogP contribution in [0.1, 0.15) is 31.1 Å². The number of carboxylic acid groups (broad SMARTS) is 1. The van der Waals surface area contributed by atoms with Gasteiger partial charge in [0.25, 0.3) is 0 Å². The third-order valence-corrected chi connectivity index (χ3v) is 1.86. The van der Waals surface area contributed by atoms with Gasteiger partial charge in [-0.25, -0.2) is 4.79 Å². The molecule has 0 bridgehead atoms. The number of rotatable bonds is 3. The summed E-state index contributed by atoms with van der Waals surface area (Å²) in [5, 5.41) is 12.0. The van der Waals surface area contributed by atoms with Crippen molar-refractivity contribution in [1.82, 2.24) is 4.98 Å². The van der Waals surface area contributed by atoms with Crippen LogP contribution in [-0.2, 0) is 0 Å². The summed E-state index contributed by atoms with van der Waals surface area (Å²) in [6, 6.07) is 1.68. The smallest absolute Gasteiger partial charge is 0.339 e. The third-order valence-electron chi connectivity index (χ3n) is 1.86. The maximum atomic E-state index is 10.9. The standard InChI is InChI=1S/C11H16N2O2/c1-11(2,3)7-13-9-4-5-12-6-8(9)10(14)15/h4-6H,7H2,1-3H3,(H,12,13)(H,14,15). The first-order valence-electron chi connectivity index (χ1n) is 4.81. The highest BCUT2D eigenvalue weighted by Crippen LogP contribution is 2.18. The lowest BCUT2D eigenvalue weighted by molar-refractivity contribution is 0.0697. The van der Waals surface area contributed by atoms with Crippen LogP contribution in [0.15, 0.2) is 18.5 Å². The summed E-state index contributed by atoms with van der Waals surface area (Å²) < 4.78 is 0. The number of nitrogens with one attached hydrogen (secondary N) is 1. The molecular formula is C11H16N2O2. The van der Waals surface area contributed by atoms with Gasteiger partial charge in [0.2, 0.25) is 0 Å². The third kappa shape index (κ3) is 3.58. The minimum atomic E-state index is -0.959. The van der Waals surface area contributed by atoms with E-state index in [0.29, 0.717) is 5.69 Å². The van der Waals surface area contributed by atoms with Gasteiger partial charge in [0.05, 0.1) is 5.69 Å². The van der Waals surface area contributed by atoms with Gasteiger partial charge in [0, 0.05) is 18.9 Å². The molecule has 0 radical (unpaired) electrons. The second-order valence-corrected chi connectivity index (χ2v) is 4.64. The molecule has 0 unspecified atom stereocenters. The largest absolute Gasteiger partial charge is 0.478 e. The molecule has 4 nitrogen and oxygen atoms in total. The van der Waals surface area contributed by atoms with E-state index in [1.54, 1.807) is 12.3 Å². The Kier molecular flexibility index (Phi) is 3.29. The van der Waals surface area contributed by atoms with Crippen LogP contribution >= 0.6 is 0 Å². The van der Waals surface area contributed by atoms with Crippen LogP contribution in [-0.4, -0.2) is 22.6 Å². The monoisotopic (exact) mass is 208 g/mol. The van der Waals surface area contributed by atoms with Crippen molar-refractivity contribution < 1.29 is 9.90 Å². The topological polar surface area (TPSA) is 62.2 Å². The molecule has 1 heterocycles. The van der Waals surface area contributed by atoms with Gasteiger partial charge in [0.1, 0.15) is 5.56 Å². The Labute approximate surface area is 89.3 Å². The van der Waals surface area contributed by atoms with E-state index in [1.807, 2.05) is 0 Å². The first-order valence-corrected chi connectivity index (χ1v) is 4.81. The molecule has 4 heteroatoms. The molecule has 0 saturated heterocycles. The number of pyridine rings is 1. The van der Waals surface area contributed by atoms with Gasteiger partial charge in [-0.05, 0) is 11.5 Å². The first-order chi connectivity index (χ1) is 6.90. The molecule has 0 aliphatic rings. The minimum Gasteiger partial charge on any atom is -0.478 e. The molecule has 0 aliphatic heterocycles. The summed E-state index contributed by atoms with van der Waals surface area (Å²) in [6.07, 6.45) is 2.94. The molecule has 1 rings (SSSR count). The van der Waals surface area contributed by atoms with Crippen LogP contribution in [0, 0.1) is 5.41 Å². The van der Waals surface area contributed by atoms with Gasteiger partial charge >= 0.3 is 5.97 Å². The second kappa shape index (κ2) is 4.29. The molecule has 0 atom stereocenters. The molecule has 0 amide bonds. The molecule has 15 heavy (non-hydrogen) atoms. The van der Waals surface area contributed by atoms with Crippen molar-refractivity contribution >= 4 is 11.7 Å². The molecule has 1 aromatic rings. The minimum absolute atomic E-state index is 0.110. The molecule has 82 valence electrons. The number of hydrogen-bond acceptors (Lipinski definition) is 3. The highest BCUT2D eigenvalue weighted by molar-refractivity contribution is 5.93. The van der Waals surface area contributed by atoms with E-state index in [1.165, 1.54) is 6.20 Å². The van der Waals surface area contributed by atoms with Crippen molar-refractivity contribution in [2.45, 2.75) is 20.8 Å². The molecule has 0 aliphatic carbocycles. The summed E-state index contributed by atoms with van der Waals surface area (Å²) >= 11 is 0. The van der Waals surface area contributed by atoms with E-state index in [0.717, 1.165) is 6.54 Å². The first kappa shape index (κ1) is 11.5. The van der Waals surface area contributed by atoms with E-state index in [9.17, 15) is 4.79 Å². The molecule has 0 spiro atoms. The Bertz CT molecular complexity index is 356. The summed E-state index contributed by atoms with van der Waals surface area (Å²) in [5.41, 5.74) is 0.938. The number of carboxylic acids is 1. The van der Waals surface area contributed by atoms with E-state index in [2.05, 4.69) is 31.1 Å². The molecule has 0 saturated carbocycles. The van der Waals surface area contributed by atoms with Crippen molar-refractivity contribution in [1.29, 1.82) is 0 Å². The zero-order chi connectivity index (χ0) is 11.5. The van der Waals surface area contributed by atoms with Gasteiger partial charge in [-0.15, -0.1) is 0 Å². The Morgan fingerprint density at radius 3 is 2.73 bits per heavy atom. The van der Waals surface area contributed by atoms with Crippen LogP contribution in [0.25, 0.3) is 0 Å². The van der Waals surface area contributed by atoms with Crippen molar-refractivity contribution in [2.75, 3.05) is 11.9 Å². The lowest BCUT2D eigenvalue weighted by Crippen LogP contribution is -2.20. The average Bonchev–Trinajstić information content (AvgIpc) is 2.14. The fourth-order valence-corrected chi connectivity index (χ4v) is 1.08. The fraction of sp³-hybridized carbons (Fsp3) is 0.455. The van der Waals surface area contributed by atoms with Crippen LogP contribution in [0.2, 0.25) is 0 Å². The van der Waals surface area contributed by atoms with Gasteiger partial charge in [-0.2, -0.15) is 0 Å². The second-order valence-electron chi connectivity index (χ2n) is 4.64. The van der Waals surface area contributed by atoms with Crippen LogP contribution in [0.4, 0.5) is 5.69 Å². The van der Waals surface area contributed by atoms with Crippen LogP contribution in [0.5, 0.6) is 0 Å². The predicted molar refractivity (Wildman–Crippen MR) is 59.1 cm³/mol. The zero-order valence-electron chi connectivity index (χ0n) is 9.24. The Morgan fingerprint density at radius 1 is 1.53 bits per heavy atom. The average molecular weight is 208 g/mol. The maximum Gasteiger partial charge on any atom is 0.339 e. The van der Waals surface area contributed by atoms with E-state index in [4.69, 9.17) is 5.11 Å². The maximum absolute atomic E-state index is 10.9. The summed E-state index contributed by atoms with van der Waals surface area (Å²) in [5.74, 6) is -0.959. The van der Waals surface area contributed by atoms with Crippen LogP contribution < -0.4 is 5.32 Å². The fourth-order valence-electron chi connectivity index (χ4n) is 1.08. The normalized spacial score (nSPS) is 11.1. The number of nitrogens with zero attached hydrogens (tertiary/aromatic N) is 1. The number of anilines is 1. The van der Waals surface area contributed by atoms with E-state index >= 15 is 0 Å². The molecule has 2 N–H and O–H groups in total. The molecular weight excluding hydrogens is 192 g/mol. The van der Waals surface area contributed by atoms with Gasteiger partial charge in [-0.1, -0.05) is 20.8 Å². The van der Waals surface area contributed by atoms with Crippen molar-refractivity contribution in [3.8, 4) is 0 Å². The summed E-state index contributed by atoms with van der Waals surface area (Å²) in [7, 11) is 0. The highest BCUT2D eigenvalue weighted by atomic mass is 16.4. The van der Waals surface area contributed by atoms with Crippen molar-refractivity contribution in [2.24, 2.45) is 5.41 Å². The highest BCUT2D eigenvalue weighted by Gasteiger charge is 2.13. The quantitative estimate of drug-likeness (QED) is 0.799. The molecule has 0 aromatic carbocycles. The Morgan fingerprint density at radius 2 is 2.20 bits per heavy atom. The lowest BCUT2D eigenvalue weighted by atomic mass is 9.97.